The molecule has 0 aliphatic carbocycles. The fourth-order valence-electron chi connectivity index (χ4n) is 3.72. The number of hydrogen-bond acceptors (Lipinski definition) is 6. The van der Waals surface area contributed by atoms with E-state index in [9.17, 15) is 9.90 Å². The van der Waals surface area contributed by atoms with Crippen LogP contribution in [-0.4, -0.2) is 21.7 Å². The van der Waals surface area contributed by atoms with E-state index in [2.05, 4.69) is 17.0 Å². The van der Waals surface area contributed by atoms with E-state index in [0.717, 1.165) is 18.6 Å². The van der Waals surface area contributed by atoms with Gasteiger partial charge in [0.15, 0.2) is 5.76 Å². The molecule has 1 aromatic carbocycles. The van der Waals surface area contributed by atoms with Crippen molar-refractivity contribution in [1.82, 2.24) is 10.1 Å². The molecule has 7 nitrogen and oxygen atoms in total. The zero-order valence-electron chi connectivity index (χ0n) is 17.1. The summed E-state index contributed by atoms with van der Waals surface area (Å²) in [7, 11) is 0. The predicted octanol–water partition coefficient (Wildman–Crippen LogP) is 3.68. The second-order valence-electron chi connectivity index (χ2n) is 7.20. The summed E-state index contributed by atoms with van der Waals surface area (Å²) in [5, 5.41) is 18.1. The highest BCUT2D eigenvalue weighted by Crippen LogP contribution is 2.40. The summed E-state index contributed by atoms with van der Waals surface area (Å²) in [5.41, 5.74) is 1.65. The van der Waals surface area contributed by atoms with Crippen molar-refractivity contribution < 1.29 is 19.0 Å². The molecule has 4 rings (SSSR count). The third-order valence-electron chi connectivity index (χ3n) is 5.08. The summed E-state index contributed by atoms with van der Waals surface area (Å²) >= 11 is 1.47. The quantitative estimate of drug-likeness (QED) is 0.327. The third-order valence-corrected chi connectivity index (χ3v) is 6.01. The summed E-state index contributed by atoms with van der Waals surface area (Å²) in [4.78, 5) is 18.5. The molecule has 0 saturated heterocycles. The Bertz CT molecular complexity index is 1040. The van der Waals surface area contributed by atoms with Gasteiger partial charge in [-0.05, 0) is 35.4 Å². The number of carbonyl (C=O) groups excluding carboxylic acids is 1. The first-order chi connectivity index (χ1) is 14.6. The number of amides is 1. The number of benzene rings is 1. The SMILES string of the molecule is CCCCCCSc1nc([O-])c2[n+](n1)C(c1ccco1)N(C(C)=O)c1ccccc1-2. The molecule has 3 heterocycles. The van der Waals surface area contributed by atoms with Gasteiger partial charge in [0.1, 0.15) is 0 Å². The van der Waals surface area contributed by atoms with E-state index < -0.39 is 6.17 Å². The number of aromatic nitrogens is 3. The van der Waals surface area contributed by atoms with Crippen LogP contribution in [0.25, 0.3) is 11.3 Å². The first kappa shape index (κ1) is 20.4. The van der Waals surface area contributed by atoms with Crippen molar-refractivity contribution in [3.05, 3.63) is 48.4 Å². The predicted molar refractivity (Wildman–Crippen MR) is 112 cm³/mol. The number of thioether (sulfide) groups is 1. The highest BCUT2D eigenvalue weighted by atomic mass is 32.2. The molecular weight excluding hydrogens is 400 g/mol. The lowest BCUT2D eigenvalue weighted by Crippen LogP contribution is -2.58. The second-order valence-corrected chi connectivity index (χ2v) is 8.26. The molecule has 8 heteroatoms. The number of para-hydroxylation sites is 1. The van der Waals surface area contributed by atoms with Crippen LogP contribution < -0.4 is 14.7 Å². The summed E-state index contributed by atoms with van der Waals surface area (Å²) in [6.07, 6.45) is 5.42. The van der Waals surface area contributed by atoms with Gasteiger partial charge in [-0.25, -0.2) is 9.88 Å². The van der Waals surface area contributed by atoms with Crippen LogP contribution in [0, 0.1) is 0 Å². The van der Waals surface area contributed by atoms with Crippen LogP contribution in [0.5, 0.6) is 5.88 Å². The summed E-state index contributed by atoms with van der Waals surface area (Å²) in [6, 6.07) is 10.9. The minimum atomic E-state index is -0.683. The number of nitrogens with zero attached hydrogens (tertiary/aromatic N) is 4. The minimum absolute atomic E-state index is 0.165. The molecule has 0 spiro atoms. The zero-order valence-corrected chi connectivity index (χ0v) is 17.9. The van der Waals surface area contributed by atoms with Crippen LogP contribution in [0.3, 0.4) is 0 Å². The molecule has 2 aromatic heterocycles. The third kappa shape index (κ3) is 3.79. The van der Waals surface area contributed by atoms with Gasteiger partial charge in [0.05, 0.1) is 23.4 Å². The Hall–Kier alpha value is -2.87. The van der Waals surface area contributed by atoms with Gasteiger partial charge in [-0.3, -0.25) is 4.79 Å². The number of hydrogen-bond donors (Lipinski definition) is 0. The summed E-state index contributed by atoms with van der Waals surface area (Å²) in [6.45, 7) is 3.68. The van der Waals surface area contributed by atoms with Crippen molar-refractivity contribution in [1.29, 1.82) is 0 Å². The lowest BCUT2D eigenvalue weighted by atomic mass is 10.0. The first-order valence-electron chi connectivity index (χ1n) is 10.2. The Morgan fingerprint density at radius 1 is 1.23 bits per heavy atom. The Morgan fingerprint density at radius 2 is 2.07 bits per heavy atom. The lowest BCUT2D eigenvalue weighted by molar-refractivity contribution is -0.765. The van der Waals surface area contributed by atoms with Crippen LogP contribution in [-0.2, 0) is 4.79 Å². The van der Waals surface area contributed by atoms with Gasteiger partial charge in [-0.1, -0.05) is 50.1 Å². The van der Waals surface area contributed by atoms with E-state index in [1.165, 1.54) is 31.5 Å². The minimum Gasteiger partial charge on any atom is -0.854 e. The summed E-state index contributed by atoms with van der Waals surface area (Å²) in [5.74, 6) is 0.857. The van der Waals surface area contributed by atoms with E-state index in [0.29, 0.717) is 27.9 Å². The molecule has 30 heavy (non-hydrogen) atoms. The molecule has 0 bridgehead atoms. The second kappa shape index (κ2) is 8.87. The van der Waals surface area contributed by atoms with Crippen molar-refractivity contribution >= 4 is 23.4 Å². The fourth-order valence-corrected chi connectivity index (χ4v) is 4.55. The van der Waals surface area contributed by atoms with E-state index in [4.69, 9.17) is 4.42 Å². The van der Waals surface area contributed by atoms with Crippen LogP contribution in [0.15, 0.2) is 52.2 Å². The van der Waals surface area contributed by atoms with Gasteiger partial charge in [-0.15, -0.1) is 0 Å². The molecule has 1 amide bonds. The number of anilines is 1. The van der Waals surface area contributed by atoms with Crippen molar-refractivity contribution in [3.8, 4) is 17.1 Å². The Morgan fingerprint density at radius 3 is 2.80 bits per heavy atom. The lowest BCUT2D eigenvalue weighted by Gasteiger charge is -2.31. The van der Waals surface area contributed by atoms with E-state index >= 15 is 0 Å². The molecule has 0 saturated carbocycles. The van der Waals surface area contributed by atoms with Gasteiger partial charge >= 0.3 is 6.17 Å². The van der Waals surface area contributed by atoms with Gasteiger partial charge < -0.3 is 9.52 Å². The average molecular weight is 425 g/mol. The smallest absolute Gasteiger partial charge is 0.325 e. The van der Waals surface area contributed by atoms with Crippen molar-refractivity contribution in [2.75, 3.05) is 10.7 Å². The van der Waals surface area contributed by atoms with Crippen LogP contribution in [0.1, 0.15) is 51.5 Å². The summed E-state index contributed by atoms with van der Waals surface area (Å²) < 4.78 is 7.24. The average Bonchev–Trinajstić information content (AvgIpc) is 3.26. The molecule has 1 aliphatic rings. The van der Waals surface area contributed by atoms with Crippen LogP contribution >= 0.6 is 11.8 Å². The van der Waals surface area contributed by atoms with Crippen molar-refractivity contribution in [2.24, 2.45) is 0 Å². The Kier molecular flexibility index (Phi) is 6.03. The maximum absolute atomic E-state index is 13.1. The number of carbonyl (C=O) groups is 1. The normalized spacial score (nSPS) is 15.0. The van der Waals surface area contributed by atoms with Gasteiger partial charge in [0.2, 0.25) is 5.91 Å². The molecular formula is C22H24N4O3S. The van der Waals surface area contributed by atoms with E-state index in [1.54, 1.807) is 28.0 Å². The highest BCUT2D eigenvalue weighted by Gasteiger charge is 2.45. The van der Waals surface area contributed by atoms with Crippen molar-refractivity contribution in [3.63, 3.8) is 0 Å². The molecule has 1 aliphatic heterocycles. The molecule has 1 atom stereocenters. The molecule has 156 valence electrons. The maximum atomic E-state index is 13.1. The van der Waals surface area contributed by atoms with Gasteiger partial charge in [-0.2, -0.15) is 0 Å². The largest absolute Gasteiger partial charge is 0.854 e. The first-order valence-corrected chi connectivity index (χ1v) is 11.2. The Balaban J connectivity index is 1.80. The van der Waals surface area contributed by atoms with Gasteiger partial charge in [0, 0.05) is 17.8 Å². The highest BCUT2D eigenvalue weighted by molar-refractivity contribution is 7.99. The number of furan rings is 1. The maximum Gasteiger partial charge on any atom is 0.325 e. The van der Waals surface area contributed by atoms with Crippen LogP contribution in [0.2, 0.25) is 0 Å². The number of fused-ring (bicyclic) bond motifs is 3. The molecule has 0 fully saturated rings. The van der Waals surface area contributed by atoms with E-state index in [1.807, 2.05) is 24.3 Å². The van der Waals surface area contributed by atoms with Crippen molar-refractivity contribution in [2.45, 2.75) is 50.9 Å². The molecule has 0 N–H and O–H groups in total. The molecule has 3 aromatic rings. The molecule has 1 unspecified atom stereocenters. The number of rotatable bonds is 7. The topological polar surface area (TPSA) is 86.2 Å². The van der Waals surface area contributed by atoms with Gasteiger partial charge in [0.25, 0.3) is 10.9 Å². The zero-order chi connectivity index (χ0) is 21.1. The molecule has 0 radical (unpaired) electrons. The fraction of sp³-hybridized carbons (Fsp3) is 0.364. The van der Waals surface area contributed by atoms with Crippen LogP contribution in [0.4, 0.5) is 5.69 Å². The number of unbranched alkanes of at least 4 members (excludes halogenated alkanes) is 3. The standard InChI is InChI=1S/C22H24N4O3S/c1-3-4-5-8-14-30-22-23-20(28)19-16-10-6-7-11-17(16)25(15(2)27)21(26(19)24-22)18-12-9-13-29-18/h6-7,9-13,21H,3-5,8,14H2,1-2H3. The van der Waals surface area contributed by atoms with E-state index in [-0.39, 0.29) is 11.8 Å². The monoisotopic (exact) mass is 424 g/mol. The Labute approximate surface area is 179 Å².